The molecule has 1 aliphatic heterocycles. The lowest BCUT2D eigenvalue weighted by Crippen LogP contribution is -2.48. The van der Waals surface area contributed by atoms with Crippen LogP contribution < -0.4 is 16.0 Å². The summed E-state index contributed by atoms with van der Waals surface area (Å²) in [4.78, 5) is 13.8. The van der Waals surface area contributed by atoms with Gasteiger partial charge in [0.05, 0.1) is 0 Å². The molecule has 0 aromatic heterocycles. The average molecular weight is 275 g/mol. The Labute approximate surface area is 121 Å². The van der Waals surface area contributed by atoms with Crippen molar-refractivity contribution >= 4 is 11.6 Å². The molecule has 4 nitrogen and oxygen atoms in total. The second-order valence-corrected chi connectivity index (χ2v) is 5.51. The number of benzene rings is 1. The molecule has 1 unspecified atom stereocenters. The van der Waals surface area contributed by atoms with Gasteiger partial charge in [-0.2, -0.15) is 0 Å². The smallest absolute Gasteiger partial charge is 0.240 e. The predicted octanol–water partition coefficient (Wildman–Crippen LogP) is 1.95. The molecular weight excluding hydrogens is 250 g/mol. The highest BCUT2D eigenvalue weighted by Crippen LogP contribution is 2.28. The molecule has 2 rings (SSSR count). The van der Waals surface area contributed by atoms with Crippen LogP contribution in [0.15, 0.2) is 18.2 Å². The van der Waals surface area contributed by atoms with E-state index in [1.165, 1.54) is 11.1 Å². The first kappa shape index (κ1) is 14.9. The zero-order chi connectivity index (χ0) is 14.5. The lowest BCUT2D eigenvalue weighted by molar-refractivity contribution is -0.119. The van der Waals surface area contributed by atoms with E-state index in [0.717, 1.165) is 44.6 Å². The van der Waals surface area contributed by atoms with Crippen LogP contribution >= 0.6 is 0 Å². The van der Waals surface area contributed by atoms with Crippen molar-refractivity contribution in [2.45, 2.75) is 45.7 Å². The monoisotopic (exact) mass is 275 g/mol. The third kappa shape index (κ3) is 3.31. The van der Waals surface area contributed by atoms with Gasteiger partial charge >= 0.3 is 0 Å². The third-order valence-electron chi connectivity index (χ3n) is 3.98. The first-order valence-electron chi connectivity index (χ1n) is 7.49. The van der Waals surface area contributed by atoms with Crippen molar-refractivity contribution in [3.8, 4) is 0 Å². The number of amides is 1. The van der Waals surface area contributed by atoms with Gasteiger partial charge in [-0.1, -0.05) is 19.1 Å². The van der Waals surface area contributed by atoms with E-state index in [4.69, 9.17) is 5.73 Å². The highest BCUT2D eigenvalue weighted by molar-refractivity contribution is 5.84. The van der Waals surface area contributed by atoms with E-state index in [2.05, 4.69) is 42.3 Å². The van der Waals surface area contributed by atoms with Crippen LogP contribution in [0.1, 0.15) is 37.3 Å². The average Bonchev–Trinajstić information content (AvgIpc) is 2.45. The van der Waals surface area contributed by atoms with E-state index in [1.54, 1.807) is 0 Å². The fraction of sp³-hybridized carbons (Fsp3) is 0.562. The van der Waals surface area contributed by atoms with Gasteiger partial charge in [-0.05, 0) is 49.9 Å². The molecule has 3 N–H and O–H groups in total. The minimum Gasteiger partial charge on any atom is -0.368 e. The quantitative estimate of drug-likeness (QED) is 0.863. The molecule has 0 saturated carbocycles. The molecule has 1 heterocycles. The Morgan fingerprint density at radius 2 is 2.25 bits per heavy atom. The second kappa shape index (κ2) is 6.75. The maximum absolute atomic E-state index is 11.6. The van der Waals surface area contributed by atoms with Gasteiger partial charge in [-0.15, -0.1) is 0 Å². The zero-order valence-electron chi connectivity index (χ0n) is 12.5. The van der Waals surface area contributed by atoms with Gasteiger partial charge in [0.1, 0.15) is 6.04 Å². The molecule has 1 aromatic rings. The van der Waals surface area contributed by atoms with Gasteiger partial charge in [-0.25, -0.2) is 0 Å². The number of nitrogens with one attached hydrogen (secondary N) is 1. The van der Waals surface area contributed by atoms with Crippen molar-refractivity contribution in [1.29, 1.82) is 0 Å². The topological polar surface area (TPSA) is 58.4 Å². The summed E-state index contributed by atoms with van der Waals surface area (Å²) in [5.41, 5.74) is 9.19. The van der Waals surface area contributed by atoms with Crippen LogP contribution in [0.25, 0.3) is 0 Å². The molecule has 0 aliphatic carbocycles. The molecule has 1 fully saturated rings. The summed E-state index contributed by atoms with van der Waals surface area (Å²) in [6.07, 6.45) is 3.08. The van der Waals surface area contributed by atoms with Crippen molar-refractivity contribution < 1.29 is 4.79 Å². The Balaban J connectivity index is 2.20. The number of carbonyl (C=O) groups is 1. The lowest BCUT2D eigenvalue weighted by Gasteiger charge is -2.36. The van der Waals surface area contributed by atoms with Crippen LogP contribution in [-0.4, -0.2) is 25.0 Å². The summed E-state index contributed by atoms with van der Waals surface area (Å²) in [5, 5.41) is 3.33. The minimum atomic E-state index is -0.208. The first-order valence-corrected chi connectivity index (χ1v) is 7.49. The number of primary amides is 1. The van der Waals surface area contributed by atoms with Gasteiger partial charge in [0.15, 0.2) is 0 Å². The number of hydrogen-bond donors (Lipinski definition) is 2. The Morgan fingerprint density at radius 3 is 2.90 bits per heavy atom. The molecule has 20 heavy (non-hydrogen) atoms. The van der Waals surface area contributed by atoms with Gasteiger partial charge < -0.3 is 16.0 Å². The van der Waals surface area contributed by atoms with Gasteiger partial charge in [0.2, 0.25) is 5.91 Å². The van der Waals surface area contributed by atoms with Crippen molar-refractivity contribution in [2.24, 2.45) is 5.73 Å². The molecule has 0 bridgehead atoms. The number of anilines is 1. The maximum Gasteiger partial charge on any atom is 0.240 e. The SMILES string of the molecule is CCNCc1ccc(N2CCCCC2C(N)=O)c(C)c1. The molecule has 0 spiro atoms. The number of piperidine rings is 1. The summed E-state index contributed by atoms with van der Waals surface area (Å²) in [6.45, 7) is 6.98. The Hall–Kier alpha value is -1.55. The lowest BCUT2D eigenvalue weighted by atomic mass is 9.99. The summed E-state index contributed by atoms with van der Waals surface area (Å²) in [5.74, 6) is -0.208. The van der Waals surface area contributed by atoms with E-state index in [0.29, 0.717) is 0 Å². The Morgan fingerprint density at radius 1 is 1.45 bits per heavy atom. The summed E-state index contributed by atoms with van der Waals surface area (Å²) >= 11 is 0. The molecular formula is C16H25N3O. The summed E-state index contributed by atoms with van der Waals surface area (Å²) in [6, 6.07) is 6.31. The van der Waals surface area contributed by atoms with E-state index in [1.807, 2.05) is 0 Å². The highest BCUT2D eigenvalue weighted by atomic mass is 16.1. The van der Waals surface area contributed by atoms with Crippen molar-refractivity contribution in [2.75, 3.05) is 18.0 Å². The molecule has 4 heteroatoms. The molecule has 0 radical (unpaired) electrons. The van der Waals surface area contributed by atoms with Crippen LogP contribution in [-0.2, 0) is 11.3 Å². The van der Waals surface area contributed by atoms with Crippen molar-refractivity contribution in [1.82, 2.24) is 5.32 Å². The largest absolute Gasteiger partial charge is 0.368 e. The maximum atomic E-state index is 11.6. The van der Waals surface area contributed by atoms with Crippen LogP contribution in [0.2, 0.25) is 0 Å². The molecule has 1 amide bonds. The van der Waals surface area contributed by atoms with Crippen molar-refractivity contribution in [3.05, 3.63) is 29.3 Å². The van der Waals surface area contributed by atoms with Crippen LogP contribution in [0.3, 0.4) is 0 Å². The van der Waals surface area contributed by atoms with E-state index in [-0.39, 0.29) is 11.9 Å². The number of carbonyl (C=O) groups excluding carboxylic acids is 1. The first-order chi connectivity index (χ1) is 9.63. The van der Waals surface area contributed by atoms with Crippen LogP contribution in [0, 0.1) is 6.92 Å². The standard InChI is InChI=1S/C16H25N3O/c1-3-18-11-13-7-8-14(12(2)10-13)19-9-5-4-6-15(19)16(17)20/h7-8,10,15,18H,3-6,9,11H2,1-2H3,(H2,17,20). The fourth-order valence-corrected chi connectivity index (χ4v) is 2.93. The van der Waals surface area contributed by atoms with Gasteiger partial charge in [0.25, 0.3) is 0 Å². The van der Waals surface area contributed by atoms with Crippen LogP contribution in [0.5, 0.6) is 0 Å². The molecule has 110 valence electrons. The fourth-order valence-electron chi connectivity index (χ4n) is 2.93. The molecule has 1 saturated heterocycles. The number of nitrogens with two attached hydrogens (primary N) is 1. The van der Waals surface area contributed by atoms with Crippen molar-refractivity contribution in [3.63, 3.8) is 0 Å². The van der Waals surface area contributed by atoms with E-state index < -0.39 is 0 Å². The second-order valence-electron chi connectivity index (χ2n) is 5.51. The Bertz CT molecular complexity index is 473. The Kier molecular flexibility index (Phi) is 5.01. The number of hydrogen-bond acceptors (Lipinski definition) is 3. The number of aryl methyl sites for hydroxylation is 1. The molecule has 1 aromatic carbocycles. The summed E-state index contributed by atoms with van der Waals surface area (Å²) in [7, 11) is 0. The molecule has 1 atom stereocenters. The number of nitrogens with zero attached hydrogens (tertiary/aromatic N) is 1. The zero-order valence-corrected chi connectivity index (χ0v) is 12.5. The minimum absolute atomic E-state index is 0.151. The van der Waals surface area contributed by atoms with Gasteiger partial charge in [-0.3, -0.25) is 4.79 Å². The third-order valence-corrected chi connectivity index (χ3v) is 3.98. The summed E-state index contributed by atoms with van der Waals surface area (Å²) < 4.78 is 0. The predicted molar refractivity (Wildman–Crippen MR) is 82.7 cm³/mol. The van der Waals surface area contributed by atoms with Crippen LogP contribution in [0.4, 0.5) is 5.69 Å². The number of rotatable bonds is 5. The normalized spacial score (nSPS) is 19.1. The molecule has 1 aliphatic rings. The van der Waals surface area contributed by atoms with E-state index in [9.17, 15) is 4.79 Å². The van der Waals surface area contributed by atoms with Gasteiger partial charge in [0, 0.05) is 18.8 Å². The van der Waals surface area contributed by atoms with E-state index >= 15 is 0 Å². The highest BCUT2D eigenvalue weighted by Gasteiger charge is 2.27.